The van der Waals surface area contributed by atoms with E-state index in [0.717, 1.165) is 43.2 Å². The number of hydrogen-bond donors (Lipinski definition) is 3. The summed E-state index contributed by atoms with van der Waals surface area (Å²) in [6.45, 7) is 1.91. The Morgan fingerprint density at radius 3 is 3.00 bits per heavy atom. The third-order valence-electron chi connectivity index (χ3n) is 3.56. The molecule has 1 aliphatic heterocycles. The van der Waals surface area contributed by atoms with Crippen LogP contribution in [0.5, 0.6) is 5.75 Å². The van der Waals surface area contributed by atoms with Gasteiger partial charge in [0.25, 0.3) is 0 Å². The highest BCUT2D eigenvalue weighted by atomic mass is 32.1. The van der Waals surface area contributed by atoms with E-state index in [-0.39, 0.29) is 0 Å². The Hall–Kier alpha value is -1.92. The van der Waals surface area contributed by atoms with Crippen LogP contribution in [0.25, 0.3) is 0 Å². The normalized spacial score (nSPS) is 14.1. The van der Waals surface area contributed by atoms with E-state index in [4.69, 9.17) is 17.0 Å². The van der Waals surface area contributed by atoms with Gasteiger partial charge in [-0.25, -0.2) is 4.98 Å². The molecule has 0 amide bonds. The number of ether oxygens (including phenoxy) is 1. The number of hydrogen-bond acceptors (Lipinski definition) is 5. The summed E-state index contributed by atoms with van der Waals surface area (Å²) in [5.41, 5.74) is 3.32. The van der Waals surface area contributed by atoms with E-state index in [1.54, 1.807) is 7.11 Å². The van der Waals surface area contributed by atoms with Crippen LogP contribution in [0.4, 0.5) is 11.5 Å². The number of rotatable bonds is 3. The van der Waals surface area contributed by atoms with Crippen LogP contribution in [-0.4, -0.2) is 30.2 Å². The van der Waals surface area contributed by atoms with Gasteiger partial charge in [0.2, 0.25) is 0 Å². The van der Waals surface area contributed by atoms with E-state index in [1.165, 1.54) is 11.3 Å². The van der Waals surface area contributed by atoms with Crippen molar-refractivity contribution in [1.82, 2.24) is 15.3 Å². The van der Waals surface area contributed by atoms with Crippen molar-refractivity contribution in [2.24, 2.45) is 0 Å². The van der Waals surface area contributed by atoms with E-state index in [0.29, 0.717) is 4.77 Å². The second-order valence-corrected chi connectivity index (χ2v) is 5.34. The van der Waals surface area contributed by atoms with Gasteiger partial charge in [-0.2, -0.15) is 0 Å². The molecule has 6 heteroatoms. The molecule has 0 unspecified atom stereocenters. The van der Waals surface area contributed by atoms with Crippen LogP contribution >= 0.6 is 12.2 Å². The van der Waals surface area contributed by atoms with Crippen LogP contribution in [0.2, 0.25) is 0 Å². The average Bonchev–Trinajstić information content (AvgIpc) is 2.73. The molecule has 0 saturated heterocycles. The lowest BCUT2D eigenvalue weighted by molar-refractivity contribution is 0.415. The molecule has 0 fully saturated rings. The molecule has 2 aromatic rings. The monoisotopic (exact) mass is 302 g/mol. The lowest BCUT2D eigenvalue weighted by atomic mass is 10.1. The molecule has 0 spiro atoms. The average molecular weight is 302 g/mol. The number of methoxy groups -OCH3 is 1. The topological polar surface area (TPSA) is 62.0 Å². The highest BCUT2D eigenvalue weighted by Crippen LogP contribution is 2.24. The third-order valence-corrected chi connectivity index (χ3v) is 3.75. The van der Waals surface area contributed by atoms with Gasteiger partial charge in [-0.05, 0) is 37.3 Å². The number of nitrogens with one attached hydrogen (secondary N) is 3. The van der Waals surface area contributed by atoms with Crippen LogP contribution in [0, 0.1) is 4.77 Å². The van der Waals surface area contributed by atoms with E-state index in [2.05, 4.69) is 20.6 Å². The fourth-order valence-corrected chi connectivity index (χ4v) is 2.73. The van der Waals surface area contributed by atoms with Crippen LogP contribution in [0.1, 0.15) is 11.3 Å². The minimum Gasteiger partial charge on any atom is -0.497 e. The molecule has 110 valence electrons. The second kappa shape index (κ2) is 6.24. The summed E-state index contributed by atoms with van der Waals surface area (Å²) < 4.78 is 5.77. The first-order chi connectivity index (χ1) is 10.3. The van der Waals surface area contributed by atoms with Gasteiger partial charge in [0.05, 0.1) is 7.11 Å². The summed E-state index contributed by atoms with van der Waals surface area (Å²) in [5.74, 6) is 1.65. The van der Waals surface area contributed by atoms with Crippen molar-refractivity contribution < 1.29 is 4.74 Å². The molecule has 0 radical (unpaired) electrons. The standard InChI is InChI=1S/C15H18N4OS/c1-20-11-4-2-3-10(9-11)17-14-12-5-7-16-8-6-13(12)18-15(21)19-14/h2-4,9,16H,5-8H2,1H3,(H2,17,18,19,21). The molecule has 0 atom stereocenters. The number of fused-ring (bicyclic) bond motifs is 1. The Bertz CT molecular complexity index is 698. The largest absolute Gasteiger partial charge is 0.497 e. The van der Waals surface area contributed by atoms with Gasteiger partial charge in [0.15, 0.2) is 4.77 Å². The molecule has 3 N–H and O–H groups in total. The number of aromatic amines is 1. The predicted octanol–water partition coefficient (Wildman–Crippen LogP) is 2.58. The van der Waals surface area contributed by atoms with Crippen molar-refractivity contribution in [3.8, 4) is 5.75 Å². The van der Waals surface area contributed by atoms with Gasteiger partial charge in [-0.1, -0.05) is 6.07 Å². The van der Waals surface area contributed by atoms with Crippen LogP contribution in [0.15, 0.2) is 24.3 Å². The van der Waals surface area contributed by atoms with Crippen molar-refractivity contribution >= 4 is 23.7 Å². The number of anilines is 2. The third kappa shape index (κ3) is 3.22. The van der Waals surface area contributed by atoms with Gasteiger partial charge in [-0.15, -0.1) is 0 Å². The quantitative estimate of drug-likeness (QED) is 0.761. The first-order valence-corrected chi connectivity index (χ1v) is 7.41. The van der Waals surface area contributed by atoms with Crippen molar-refractivity contribution in [2.75, 3.05) is 25.5 Å². The molecule has 5 nitrogen and oxygen atoms in total. The molecule has 0 aliphatic carbocycles. The Labute approximate surface area is 128 Å². The Balaban J connectivity index is 1.97. The summed E-state index contributed by atoms with van der Waals surface area (Å²) in [6, 6.07) is 7.81. The van der Waals surface area contributed by atoms with Crippen molar-refractivity contribution in [1.29, 1.82) is 0 Å². The molecular weight excluding hydrogens is 284 g/mol. The zero-order valence-electron chi connectivity index (χ0n) is 11.9. The molecule has 0 bridgehead atoms. The Morgan fingerprint density at radius 2 is 2.14 bits per heavy atom. The maximum atomic E-state index is 5.25. The van der Waals surface area contributed by atoms with Crippen molar-refractivity contribution in [2.45, 2.75) is 12.8 Å². The number of nitrogens with zero attached hydrogens (tertiary/aromatic N) is 1. The molecule has 1 aromatic heterocycles. The fraction of sp³-hybridized carbons (Fsp3) is 0.333. The SMILES string of the molecule is COc1cccc(Nc2nc(=S)[nH]c3c2CCNCC3)c1. The molecule has 1 aromatic carbocycles. The lowest BCUT2D eigenvalue weighted by Crippen LogP contribution is -2.16. The number of benzene rings is 1. The summed E-state index contributed by atoms with van der Waals surface area (Å²) in [4.78, 5) is 7.67. The van der Waals surface area contributed by atoms with Crippen LogP contribution in [-0.2, 0) is 12.8 Å². The zero-order valence-corrected chi connectivity index (χ0v) is 12.7. The first kappa shape index (κ1) is 14.0. The van der Waals surface area contributed by atoms with E-state index >= 15 is 0 Å². The number of aromatic nitrogens is 2. The number of H-pyrrole nitrogens is 1. The van der Waals surface area contributed by atoms with E-state index < -0.39 is 0 Å². The zero-order chi connectivity index (χ0) is 14.7. The van der Waals surface area contributed by atoms with Crippen molar-refractivity contribution in [3.05, 3.63) is 40.3 Å². The maximum Gasteiger partial charge on any atom is 0.198 e. The molecule has 0 saturated carbocycles. The van der Waals surface area contributed by atoms with Gasteiger partial charge in [0, 0.05) is 36.0 Å². The fourth-order valence-electron chi connectivity index (χ4n) is 2.52. The predicted molar refractivity (Wildman–Crippen MR) is 86.0 cm³/mol. The molecule has 1 aliphatic rings. The van der Waals surface area contributed by atoms with Crippen LogP contribution in [0.3, 0.4) is 0 Å². The smallest absolute Gasteiger partial charge is 0.198 e. The first-order valence-electron chi connectivity index (χ1n) is 7.00. The molecule has 3 rings (SSSR count). The van der Waals surface area contributed by atoms with E-state index in [1.807, 2.05) is 24.3 Å². The minimum absolute atomic E-state index is 0.515. The van der Waals surface area contributed by atoms with Crippen molar-refractivity contribution in [3.63, 3.8) is 0 Å². The van der Waals surface area contributed by atoms with Gasteiger partial charge in [-0.3, -0.25) is 0 Å². The summed E-state index contributed by atoms with van der Waals surface area (Å²) in [7, 11) is 1.66. The van der Waals surface area contributed by atoms with E-state index in [9.17, 15) is 0 Å². The Morgan fingerprint density at radius 1 is 1.29 bits per heavy atom. The molecular formula is C15H18N4OS. The summed E-state index contributed by atoms with van der Waals surface area (Å²) in [5, 5.41) is 6.76. The maximum absolute atomic E-state index is 5.25. The highest BCUT2D eigenvalue weighted by molar-refractivity contribution is 7.71. The van der Waals surface area contributed by atoms with Gasteiger partial charge in [0.1, 0.15) is 11.6 Å². The second-order valence-electron chi connectivity index (χ2n) is 4.95. The van der Waals surface area contributed by atoms with Gasteiger partial charge < -0.3 is 20.4 Å². The summed E-state index contributed by atoms with van der Waals surface area (Å²) in [6.07, 6.45) is 1.87. The Kier molecular flexibility index (Phi) is 4.17. The molecule has 21 heavy (non-hydrogen) atoms. The minimum atomic E-state index is 0.515. The lowest BCUT2D eigenvalue weighted by Gasteiger charge is -2.13. The highest BCUT2D eigenvalue weighted by Gasteiger charge is 2.14. The van der Waals surface area contributed by atoms with Crippen LogP contribution < -0.4 is 15.4 Å². The molecule has 2 heterocycles. The summed E-state index contributed by atoms with van der Waals surface area (Å²) >= 11 is 5.24. The van der Waals surface area contributed by atoms with Gasteiger partial charge >= 0.3 is 0 Å².